The number of aliphatic hydroxyl groups is 1. The van der Waals surface area contributed by atoms with Crippen LogP contribution in [0.4, 0.5) is 14.9 Å². The van der Waals surface area contributed by atoms with Crippen molar-refractivity contribution in [1.82, 2.24) is 5.32 Å². The molecule has 122 valence electrons. The lowest BCUT2D eigenvalue weighted by molar-refractivity contribution is -0.0881. The van der Waals surface area contributed by atoms with Crippen molar-refractivity contribution in [3.63, 3.8) is 0 Å². The first-order chi connectivity index (χ1) is 10.6. The number of ether oxygens (including phenoxy) is 1. The minimum atomic E-state index is -0.440. The standard InChI is InChI=1S/C15H22FN3O3/c16-10-1-3-11(4-2-10)18-15(21)19-13-6-5-12(7-8-17)22-14(13)9-20/h1-4,12-14,20H,5-9,17H2,(H2,18,19,21)/t12-,13-,14+/m0/s1. The lowest BCUT2D eigenvalue weighted by Crippen LogP contribution is -2.52. The van der Waals surface area contributed by atoms with Gasteiger partial charge in [-0.05, 0) is 50.1 Å². The molecule has 1 aromatic carbocycles. The number of carbonyl (C=O) groups is 1. The highest BCUT2D eigenvalue weighted by Crippen LogP contribution is 2.21. The van der Waals surface area contributed by atoms with Crippen LogP contribution in [0.1, 0.15) is 19.3 Å². The molecule has 0 aliphatic carbocycles. The quantitative estimate of drug-likeness (QED) is 0.657. The fraction of sp³-hybridized carbons (Fsp3) is 0.533. The number of nitrogens with two attached hydrogens (primary N) is 1. The summed E-state index contributed by atoms with van der Waals surface area (Å²) in [6, 6.07) is 4.83. The van der Waals surface area contributed by atoms with Crippen molar-refractivity contribution in [2.45, 2.75) is 37.5 Å². The van der Waals surface area contributed by atoms with Gasteiger partial charge >= 0.3 is 6.03 Å². The van der Waals surface area contributed by atoms with Gasteiger partial charge in [0.05, 0.1) is 18.8 Å². The summed E-state index contributed by atoms with van der Waals surface area (Å²) in [4.78, 5) is 12.0. The highest BCUT2D eigenvalue weighted by atomic mass is 19.1. The molecule has 2 rings (SSSR count). The molecule has 1 aliphatic rings. The third-order valence-electron chi connectivity index (χ3n) is 3.70. The Balaban J connectivity index is 1.86. The summed E-state index contributed by atoms with van der Waals surface area (Å²) in [6.07, 6.45) is 1.83. The second kappa shape index (κ2) is 8.07. The maximum atomic E-state index is 12.8. The number of halogens is 1. The summed E-state index contributed by atoms with van der Waals surface area (Å²) in [7, 11) is 0. The van der Waals surface area contributed by atoms with Gasteiger partial charge in [-0.15, -0.1) is 0 Å². The molecule has 1 saturated heterocycles. The lowest BCUT2D eigenvalue weighted by Gasteiger charge is -2.36. The van der Waals surface area contributed by atoms with E-state index in [1.54, 1.807) is 0 Å². The lowest BCUT2D eigenvalue weighted by atomic mass is 9.97. The van der Waals surface area contributed by atoms with Gasteiger partial charge in [-0.3, -0.25) is 0 Å². The summed E-state index contributed by atoms with van der Waals surface area (Å²) in [6.45, 7) is 0.370. The van der Waals surface area contributed by atoms with Crippen LogP contribution in [0.2, 0.25) is 0 Å². The van der Waals surface area contributed by atoms with Gasteiger partial charge in [0.2, 0.25) is 0 Å². The van der Waals surface area contributed by atoms with Crippen LogP contribution in [-0.2, 0) is 4.74 Å². The zero-order valence-corrected chi connectivity index (χ0v) is 12.3. The van der Waals surface area contributed by atoms with Crippen molar-refractivity contribution in [3.05, 3.63) is 30.1 Å². The van der Waals surface area contributed by atoms with E-state index in [0.29, 0.717) is 18.7 Å². The monoisotopic (exact) mass is 311 g/mol. The number of anilines is 1. The number of aliphatic hydroxyl groups excluding tert-OH is 1. The molecule has 0 saturated carbocycles. The Morgan fingerprint density at radius 2 is 2.09 bits per heavy atom. The first kappa shape index (κ1) is 16.7. The predicted octanol–water partition coefficient (Wildman–Crippen LogP) is 1.20. The number of hydrogen-bond acceptors (Lipinski definition) is 4. The van der Waals surface area contributed by atoms with Crippen LogP contribution in [0.15, 0.2) is 24.3 Å². The molecule has 3 atom stereocenters. The van der Waals surface area contributed by atoms with Crippen LogP contribution in [0, 0.1) is 5.82 Å². The molecule has 22 heavy (non-hydrogen) atoms. The zero-order valence-electron chi connectivity index (χ0n) is 12.3. The molecule has 0 bridgehead atoms. The third kappa shape index (κ3) is 4.66. The van der Waals surface area contributed by atoms with Crippen LogP contribution >= 0.6 is 0 Å². The Morgan fingerprint density at radius 1 is 1.36 bits per heavy atom. The molecule has 0 spiro atoms. The van der Waals surface area contributed by atoms with Crippen LogP contribution < -0.4 is 16.4 Å². The van der Waals surface area contributed by atoms with Crippen molar-refractivity contribution in [3.8, 4) is 0 Å². The topological polar surface area (TPSA) is 96.6 Å². The second-order valence-corrected chi connectivity index (χ2v) is 5.35. The van der Waals surface area contributed by atoms with Gasteiger partial charge in [0.15, 0.2) is 0 Å². The van der Waals surface area contributed by atoms with E-state index in [0.717, 1.165) is 12.8 Å². The van der Waals surface area contributed by atoms with Gasteiger partial charge < -0.3 is 26.2 Å². The molecule has 0 aromatic heterocycles. The van der Waals surface area contributed by atoms with Crippen LogP contribution in [0.25, 0.3) is 0 Å². The summed E-state index contributed by atoms with van der Waals surface area (Å²) in [5.41, 5.74) is 6.01. The number of benzene rings is 1. The highest BCUT2D eigenvalue weighted by Gasteiger charge is 2.31. The fourth-order valence-corrected chi connectivity index (χ4v) is 2.56. The molecule has 1 aliphatic heterocycles. The van der Waals surface area contributed by atoms with Crippen LogP contribution in [0.3, 0.4) is 0 Å². The SMILES string of the molecule is NCC[C@@H]1CC[C@H](NC(=O)Nc2ccc(F)cc2)[C@@H](CO)O1. The fourth-order valence-electron chi connectivity index (χ4n) is 2.56. The first-order valence-electron chi connectivity index (χ1n) is 7.42. The number of amides is 2. The molecule has 7 heteroatoms. The number of nitrogens with one attached hydrogen (secondary N) is 2. The summed E-state index contributed by atoms with van der Waals surface area (Å²) >= 11 is 0. The number of carbonyl (C=O) groups excluding carboxylic acids is 1. The number of hydrogen-bond donors (Lipinski definition) is 4. The van der Waals surface area contributed by atoms with Crippen molar-refractivity contribution in [2.24, 2.45) is 5.73 Å². The maximum absolute atomic E-state index is 12.8. The minimum Gasteiger partial charge on any atom is -0.394 e. The van der Waals surface area contributed by atoms with Gasteiger partial charge in [0.25, 0.3) is 0 Å². The van der Waals surface area contributed by atoms with E-state index in [4.69, 9.17) is 10.5 Å². The summed E-state index contributed by atoms with van der Waals surface area (Å²) in [5.74, 6) is -0.363. The second-order valence-electron chi connectivity index (χ2n) is 5.35. The van der Waals surface area contributed by atoms with Crippen molar-refractivity contribution >= 4 is 11.7 Å². The van der Waals surface area contributed by atoms with Crippen LogP contribution in [0.5, 0.6) is 0 Å². The minimum absolute atomic E-state index is 0.0281. The van der Waals surface area contributed by atoms with Gasteiger partial charge in [0, 0.05) is 5.69 Å². The largest absolute Gasteiger partial charge is 0.394 e. The average molecular weight is 311 g/mol. The Bertz CT molecular complexity index is 483. The number of urea groups is 1. The van der Waals surface area contributed by atoms with E-state index in [1.165, 1.54) is 24.3 Å². The van der Waals surface area contributed by atoms with E-state index >= 15 is 0 Å². The van der Waals surface area contributed by atoms with Gasteiger partial charge in [-0.25, -0.2) is 9.18 Å². The van der Waals surface area contributed by atoms with Gasteiger partial charge in [-0.1, -0.05) is 0 Å². The van der Waals surface area contributed by atoms with E-state index in [1.807, 2.05) is 0 Å². The molecule has 5 N–H and O–H groups in total. The normalized spacial score (nSPS) is 24.8. The van der Waals surface area contributed by atoms with E-state index in [-0.39, 0.29) is 24.6 Å². The molecule has 1 aromatic rings. The molecule has 2 amide bonds. The smallest absolute Gasteiger partial charge is 0.319 e. The highest BCUT2D eigenvalue weighted by molar-refractivity contribution is 5.89. The van der Waals surface area contributed by atoms with E-state index in [2.05, 4.69) is 10.6 Å². The molecule has 1 fully saturated rings. The van der Waals surface area contributed by atoms with Crippen molar-refractivity contribution < 1.29 is 19.0 Å². The molecule has 0 radical (unpaired) electrons. The van der Waals surface area contributed by atoms with E-state index < -0.39 is 12.1 Å². The predicted molar refractivity (Wildman–Crippen MR) is 81.0 cm³/mol. The third-order valence-corrected chi connectivity index (χ3v) is 3.70. The zero-order chi connectivity index (χ0) is 15.9. The molecular formula is C15H22FN3O3. The van der Waals surface area contributed by atoms with Crippen molar-refractivity contribution in [2.75, 3.05) is 18.5 Å². The maximum Gasteiger partial charge on any atom is 0.319 e. The number of rotatable bonds is 5. The molecule has 6 nitrogen and oxygen atoms in total. The Kier molecular flexibility index (Phi) is 6.11. The summed E-state index contributed by atoms with van der Waals surface area (Å²) in [5, 5.41) is 14.8. The van der Waals surface area contributed by atoms with E-state index in [9.17, 15) is 14.3 Å². The Labute approximate surface area is 128 Å². The van der Waals surface area contributed by atoms with Crippen molar-refractivity contribution in [1.29, 1.82) is 0 Å². The Morgan fingerprint density at radius 3 is 2.73 bits per heavy atom. The molecule has 1 heterocycles. The molecular weight excluding hydrogens is 289 g/mol. The first-order valence-corrected chi connectivity index (χ1v) is 7.42. The Hall–Kier alpha value is -1.70. The van der Waals surface area contributed by atoms with Gasteiger partial charge in [0.1, 0.15) is 11.9 Å². The van der Waals surface area contributed by atoms with Gasteiger partial charge in [-0.2, -0.15) is 0 Å². The molecule has 0 unspecified atom stereocenters. The summed E-state index contributed by atoms with van der Waals surface area (Å²) < 4.78 is 18.5. The average Bonchev–Trinajstić information content (AvgIpc) is 2.51. The van der Waals surface area contributed by atoms with Crippen LogP contribution in [-0.4, -0.2) is 42.5 Å².